The Hall–Kier alpha value is -3.95. The van der Waals surface area contributed by atoms with Gasteiger partial charge in [0, 0.05) is 42.9 Å². The molecule has 170 valence electrons. The van der Waals surface area contributed by atoms with Crippen molar-refractivity contribution in [3.05, 3.63) is 54.4 Å². The maximum atomic E-state index is 13.2. The Morgan fingerprint density at radius 2 is 1.72 bits per heavy atom. The summed E-state index contributed by atoms with van der Waals surface area (Å²) in [4.78, 5) is 25.4. The molecule has 0 saturated carbocycles. The van der Waals surface area contributed by atoms with Crippen molar-refractivity contribution >= 4 is 29.3 Å². The molecule has 0 aliphatic rings. The van der Waals surface area contributed by atoms with E-state index < -0.39 is 24.1 Å². The van der Waals surface area contributed by atoms with Crippen LogP contribution in [0.3, 0.4) is 0 Å². The fourth-order valence-electron chi connectivity index (χ4n) is 2.58. The zero-order valence-electron chi connectivity index (χ0n) is 18.4. The molecular formula is C22H27FN6O3. The normalized spacial score (nSPS) is 10.7. The molecule has 2 heterocycles. The van der Waals surface area contributed by atoms with Crippen LogP contribution in [-0.2, 0) is 17.3 Å². The van der Waals surface area contributed by atoms with Crippen molar-refractivity contribution in [1.29, 1.82) is 0 Å². The fourth-order valence-corrected chi connectivity index (χ4v) is 2.58. The first-order valence-electron chi connectivity index (χ1n) is 9.72. The summed E-state index contributed by atoms with van der Waals surface area (Å²) in [6.07, 6.45) is 1.70. The summed E-state index contributed by atoms with van der Waals surface area (Å²) in [6, 6.07) is 12.3. The number of benzene rings is 1. The monoisotopic (exact) mass is 442 g/mol. The molecule has 3 aromatic rings. The Bertz CT molecular complexity index is 1060. The van der Waals surface area contributed by atoms with E-state index >= 15 is 0 Å². The van der Waals surface area contributed by atoms with Crippen LogP contribution in [0.2, 0.25) is 0 Å². The number of anilines is 3. The zero-order valence-corrected chi connectivity index (χ0v) is 18.4. The number of pyridine rings is 1. The molecule has 0 atom stereocenters. The van der Waals surface area contributed by atoms with E-state index in [1.165, 1.54) is 4.68 Å². The van der Waals surface area contributed by atoms with E-state index in [2.05, 4.69) is 20.7 Å². The largest absolute Gasteiger partial charge is 0.481 e. The number of carboxylic acid groups (broad SMARTS) is 1. The summed E-state index contributed by atoms with van der Waals surface area (Å²) in [6.45, 7) is 4.07. The Morgan fingerprint density at radius 1 is 1.12 bits per heavy atom. The molecular weight excluding hydrogens is 415 g/mol. The summed E-state index contributed by atoms with van der Waals surface area (Å²) in [7, 11) is 1.70. The van der Waals surface area contributed by atoms with E-state index in [-0.39, 0.29) is 0 Å². The summed E-state index contributed by atoms with van der Waals surface area (Å²) in [5, 5.41) is 17.2. The lowest BCUT2D eigenvalue weighted by molar-refractivity contribution is -0.134. The van der Waals surface area contributed by atoms with Crippen molar-refractivity contribution < 1.29 is 19.1 Å². The minimum atomic E-state index is -0.833. The first kappa shape index (κ1) is 24.3. The van der Waals surface area contributed by atoms with Crippen molar-refractivity contribution in [2.24, 2.45) is 7.05 Å². The van der Waals surface area contributed by atoms with Gasteiger partial charge in [0.2, 0.25) is 0 Å². The van der Waals surface area contributed by atoms with E-state index in [1.54, 1.807) is 51.4 Å². The number of amides is 2. The minimum Gasteiger partial charge on any atom is -0.481 e. The van der Waals surface area contributed by atoms with Gasteiger partial charge in [0.25, 0.3) is 5.97 Å². The number of aromatic nitrogens is 3. The number of aryl methyl sites for hydroxylation is 1. The van der Waals surface area contributed by atoms with Crippen LogP contribution in [0.15, 0.2) is 48.7 Å². The average Bonchev–Trinajstić information content (AvgIpc) is 3.10. The molecule has 0 fully saturated rings. The lowest BCUT2D eigenvalue weighted by Crippen LogP contribution is -2.20. The predicted molar refractivity (Wildman–Crippen MR) is 122 cm³/mol. The number of halogens is 1. The Labute approximate surface area is 185 Å². The van der Waals surface area contributed by atoms with Gasteiger partial charge in [-0.25, -0.2) is 9.78 Å². The number of alkyl halides is 1. The second kappa shape index (κ2) is 10.4. The highest BCUT2D eigenvalue weighted by Gasteiger charge is 2.25. The van der Waals surface area contributed by atoms with Gasteiger partial charge in [0.05, 0.1) is 5.69 Å². The number of nitrogens with one attached hydrogen (secondary N) is 2. The lowest BCUT2D eigenvalue weighted by atomic mass is 9.91. The van der Waals surface area contributed by atoms with Crippen molar-refractivity contribution in [2.45, 2.75) is 26.2 Å². The molecule has 2 amide bonds. The number of hydrogen-bond acceptors (Lipinski definition) is 5. The van der Waals surface area contributed by atoms with E-state index in [0.29, 0.717) is 23.0 Å². The van der Waals surface area contributed by atoms with Gasteiger partial charge in [-0.2, -0.15) is 5.10 Å². The van der Waals surface area contributed by atoms with Crippen LogP contribution in [-0.4, -0.2) is 38.5 Å². The van der Waals surface area contributed by atoms with Crippen LogP contribution in [0.4, 0.5) is 26.5 Å². The first-order valence-corrected chi connectivity index (χ1v) is 9.72. The third kappa shape index (κ3) is 6.79. The number of carboxylic acids is 1. The quantitative estimate of drug-likeness (QED) is 0.471. The number of nitrogen functional groups attached to an aromatic ring is 1. The Kier molecular flexibility index (Phi) is 7.89. The summed E-state index contributed by atoms with van der Waals surface area (Å²) >= 11 is 0. The minimum absolute atomic E-state index is 0.408. The molecule has 5 N–H and O–H groups in total. The van der Waals surface area contributed by atoms with Crippen molar-refractivity contribution in [3.8, 4) is 11.1 Å². The molecule has 0 radical (unpaired) electrons. The van der Waals surface area contributed by atoms with Crippen LogP contribution in [0.1, 0.15) is 26.5 Å². The molecule has 3 rings (SSSR count). The predicted octanol–water partition coefficient (Wildman–Crippen LogP) is 4.05. The van der Waals surface area contributed by atoms with Crippen LogP contribution in [0.25, 0.3) is 11.1 Å². The molecule has 1 aromatic carbocycles. The molecule has 10 heteroatoms. The number of carbonyl (C=O) groups excluding carboxylic acids is 1. The molecule has 0 bridgehead atoms. The van der Waals surface area contributed by atoms with Gasteiger partial charge in [-0.3, -0.25) is 19.2 Å². The molecule has 0 aliphatic heterocycles. The SMILES string of the molecule is CC(=O)O.Cn1nc(C(C)(C)CF)cc1NC(=O)Nc1ccc(-c2ccc(N)nc2)cc1. The van der Waals surface area contributed by atoms with E-state index in [1.807, 2.05) is 18.2 Å². The third-order valence-electron chi connectivity index (χ3n) is 4.41. The molecule has 0 unspecified atom stereocenters. The van der Waals surface area contributed by atoms with Gasteiger partial charge in [-0.1, -0.05) is 26.0 Å². The van der Waals surface area contributed by atoms with Crippen molar-refractivity contribution in [3.63, 3.8) is 0 Å². The van der Waals surface area contributed by atoms with E-state index in [0.717, 1.165) is 18.1 Å². The summed E-state index contributed by atoms with van der Waals surface area (Å²) in [5.41, 5.74) is 8.00. The number of nitrogens with two attached hydrogens (primary N) is 1. The van der Waals surface area contributed by atoms with E-state index in [9.17, 15) is 9.18 Å². The third-order valence-corrected chi connectivity index (χ3v) is 4.41. The van der Waals surface area contributed by atoms with Gasteiger partial charge < -0.3 is 16.2 Å². The Morgan fingerprint density at radius 3 is 2.25 bits per heavy atom. The Balaban J connectivity index is 0.000000837. The molecule has 0 aliphatic carbocycles. The molecule has 0 saturated heterocycles. The highest BCUT2D eigenvalue weighted by atomic mass is 19.1. The second-order valence-electron chi connectivity index (χ2n) is 7.70. The molecule has 2 aromatic heterocycles. The standard InChI is InChI=1S/C20H23FN6O.C2H4O2/c1-20(2,12-21)16-10-18(27(3)26-16)25-19(28)24-15-7-4-13(5-8-15)14-6-9-17(22)23-11-14;1-2(3)4/h4-11H,12H2,1-3H3,(H2,22,23)(H2,24,25,28);1H3,(H,3,4). The smallest absolute Gasteiger partial charge is 0.324 e. The fraction of sp³-hybridized carbons (Fsp3) is 0.273. The number of hydrogen-bond donors (Lipinski definition) is 4. The number of aliphatic carboxylic acids is 1. The maximum Gasteiger partial charge on any atom is 0.324 e. The van der Waals surface area contributed by atoms with Crippen LogP contribution in [0, 0.1) is 0 Å². The highest BCUT2D eigenvalue weighted by molar-refractivity contribution is 5.99. The zero-order chi connectivity index (χ0) is 23.9. The van der Waals surface area contributed by atoms with Crippen molar-refractivity contribution in [1.82, 2.24) is 14.8 Å². The van der Waals surface area contributed by atoms with E-state index in [4.69, 9.17) is 15.6 Å². The van der Waals surface area contributed by atoms with Crippen LogP contribution < -0.4 is 16.4 Å². The van der Waals surface area contributed by atoms with Crippen LogP contribution in [0.5, 0.6) is 0 Å². The molecule has 0 spiro atoms. The number of urea groups is 1. The average molecular weight is 442 g/mol. The lowest BCUT2D eigenvalue weighted by Gasteiger charge is -2.16. The number of rotatable bonds is 5. The second-order valence-corrected chi connectivity index (χ2v) is 7.70. The summed E-state index contributed by atoms with van der Waals surface area (Å²) in [5.74, 6) is 0.116. The maximum absolute atomic E-state index is 13.2. The van der Waals surface area contributed by atoms with Crippen LogP contribution >= 0.6 is 0 Å². The number of carbonyl (C=O) groups is 2. The van der Waals surface area contributed by atoms with Gasteiger partial charge in [0.15, 0.2) is 0 Å². The van der Waals surface area contributed by atoms with Gasteiger partial charge >= 0.3 is 6.03 Å². The summed E-state index contributed by atoms with van der Waals surface area (Å²) < 4.78 is 14.7. The molecule has 9 nitrogen and oxygen atoms in total. The van der Waals surface area contributed by atoms with Gasteiger partial charge in [0.1, 0.15) is 18.3 Å². The van der Waals surface area contributed by atoms with Gasteiger partial charge in [-0.05, 0) is 29.8 Å². The number of nitrogens with zero attached hydrogens (tertiary/aromatic N) is 3. The van der Waals surface area contributed by atoms with Gasteiger partial charge in [-0.15, -0.1) is 0 Å². The molecule has 32 heavy (non-hydrogen) atoms. The van der Waals surface area contributed by atoms with Crippen molar-refractivity contribution in [2.75, 3.05) is 23.0 Å². The first-order chi connectivity index (χ1) is 15.0. The topological polar surface area (TPSA) is 135 Å². The highest BCUT2D eigenvalue weighted by Crippen LogP contribution is 2.25.